The zero-order chi connectivity index (χ0) is 25.8. The second-order valence-electron chi connectivity index (χ2n) is 7.77. The zero-order valence-electron chi connectivity index (χ0n) is 19.3. The van der Waals surface area contributed by atoms with Gasteiger partial charge in [0.1, 0.15) is 6.54 Å². The van der Waals surface area contributed by atoms with Gasteiger partial charge < -0.3 is 5.32 Å². The van der Waals surface area contributed by atoms with Crippen molar-refractivity contribution in [3.05, 3.63) is 83.4 Å². The molecule has 0 spiro atoms. The highest BCUT2D eigenvalue weighted by molar-refractivity contribution is 7.92. The Bertz CT molecular complexity index is 1410. The molecule has 0 atom stereocenters. The molecule has 0 aliphatic heterocycles. The Morgan fingerprint density at radius 3 is 2.14 bits per heavy atom. The Morgan fingerprint density at radius 2 is 1.54 bits per heavy atom. The van der Waals surface area contributed by atoms with Crippen molar-refractivity contribution in [2.45, 2.75) is 11.8 Å². The van der Waals surface area contributed by atoms with E-state index >= 15 is 0 Å². The van der Waals surface area contributed by atoms with E-state index < -0.39 is 32.7 Å². The molecule has 3 aromatic carbocycles. The number of aryl methyl sites for hydroxylation is 1. The van der Waals surface area contributed by atoms with Crippen molar-refractivity contribution in [1.82, 2.24) is 4.31 Å². The van der Waals surface area contributed by atoms with Gasteiger partial charge in [-0.05, 0) is 61.0 Å². The van der Waals surface area contributed by atoms with Crippen LogP contribution < -0.4 is 14.3 Å². The first-order valence-electron chi connectivity index (χ1n) is 10.3. The Kier molecular flexibility index (Phi) is 8.06. The molecule has 186 valence electrons. The summed E-state index contributed by atoms with van der Waals surface area (Å²) in [5.41, 5.74) is 1.71. The number of amides is 1. The van der Waals surface area contributed by atoms with Crippen molar-refractivity contribution in [2.75, 3.05) is 35.0 Å². The van der Waals surface area contributed by atoms with E-state index in [1.54, 1.807) is 49.4 Å². The molecule has 0 aliphatic carbocycles. The smallest absolute Gasteiger partial charge is 0.304 e. The van der Waals surface area contributed by atoms with E-state index in [0.29, 0.717) is 27.6 Å². The van der Waals surface area contributed by atoms with Gasteiger partial charge in [-0.3, -0.25) is 9.52 Å². The van der Waals surface area contributed by atoms with Crippen LogP contribution in [0.25, 0.3) is 0 Å². The minimum Gasteiger partial charge on any atom is -0.325 e. The molecule has 0 heterocycles. The molecule has 0 saturated heterocycles. The second-order valence-corrected chi connectivity index (χ2v) is 12.0. The van der Waals surface area contributed by atoms with E-state index in [0.717, 1.165) is 8.61 Å². The second kappa shape index (κ2) is 10.6. The third kappa shape index (κ3) is 6.51. The SMILES string of the molecule is Cc1ccc(Cl)cc1NS(=O)(=O)c1ccc(NC(=O)CN(c2ccccc2)S(=O)(=O)N(C)C)cc1. The van der Waals surface area contributed by atoms with Crippen LogP contribution in [0.4, 0.5) is 17.1 Å². The zero-order valence-corrected chi connectivity index (χ0v) is 21.7. The highest BCUT2D eigenvalue weighted by Crippen LogP contribution is 2.24. The topological polar surface area (TPSA) is 116 Å². The standard InChI is InChI=1S/C23H25ClN4O5S2/c1-17-9-10-18(24)15-22(17)26-34(30,31)21-13-11-19(12-14-21)25-23(29)16-28(35(32,33)27(2)3)20-7-5-4-6-8-20/h4-15,26H,16H2,1-3H3,(H,25,29). The summed E-state index contributed by atoms with van der Waals surface area (Å²) >= 11 is 5.96. The van der Waals surface area contributed by atoms with E-state index in [4.69, 9.17) is 11.6 Å². The molecule has 35 heavy (non-hydrogen) atoms. The molecule has 0 aliphatic rings. The van der Waals surface area contributed by atoms with E-state index in [2.05, 4.69) is 10.0 Å². The molecule has 3 rings (SSSR count). The van der Waals surface area contributed by atoms with Crippen molar-refractivity contribution in [2.24, 2.45) is 0 Å². The Balaban J connectivity index is 1.75. The maximum absolute atomic E-state index is 12.8. The summed E-state index contributed by atoms with van der Waals surface area (Å²) in [4.78, 5) is 12.7. The number of nitrogens with one attached hydrogen (secondary N) is 2. The third-order valence-electron chi connectivity index (χ3n) is 4.96. The van der Waals surface area contributed by atoms with Crippen LogP contribution in [0.3, 0.4) is 0 Å². The average Bonchev–Trinajstić information content (AvgIpc) is 2.80. The number of sulfonamides is 1. The van der Waals surface area contributed by atoms with Crippen molar-refractivity contribution in [1.29, 1.82) is 0 Å². The van der Waals surface area contributed by atoms with E-state index in [9.17, 15) is 21.6 Å². The lowest BCUT2D eigenvalue weighted by Crippen LogP contribution is -2.44. The van der Waals surface area contributed by atoms with Gasteiger partial charge in [0.15, 0.2) is 0 Å². The predicted molar refractivity (Wildman–Crippen MR) is 138 cm³/mol. The maximum Gasteiger partial charge on any atom is 0.304 e. The highest BCUT2D eigenvalue weighted by Gasteiger charge is 2.27. The molecular formula is C23H25ClN4O5S2. The minimum absolute atomic E-state index is 0.0176. The van der Waals surface area contributed by atoms with Gasteiger partial charge in [-0.15, -0.1) is 0 Å². The number of halogens is 1. The lowest BCUT2D eigenvalue weighted by Gasteiger charge is -2.26. The van der Waals surface area contributed by atoms with Gasteiger partial charge in [-0.2, -0.15) is 12.7 Å². The summed E-state index contributed by atoms with van der Waals surface area (Å²) in [7, 11) is -5.08. The van der Waals surface area contributed by atoms with Gasteiger partial charge >= 0.3 is 10.2 Å². The van der Waals surface area contributed by atoms with Crippen LogP contribution in [0.5, 0.6) is 0 Å². The molecule has 0 aromatic heterocycles. The molecule has 2 N–H and O–H groups in total. The van der Waals surface area contributed by atoms with Crippen molar-refractivity contribution in [3.63, 3.8) is 0 Å². The summed E-state index contributed by atoms with van der Waals surface area (Å²) in [6, 6.07) is 18.6. The molecule has 9 nitrogen and oxygen atoms in total. The van der Waals surface area contributed by atoms with E-state index in [1.165, 1.54) is 44.4 Å². The van der Waals surface area contributed by atoms with Crippen LogP contribution >= 0.6 is 11.6 Å². The molecule has 1 amide bonds. The summed E-state index contributed by atoms with van der Waals surface area (Å²) in [6.07, 6.45) is 0. The minimum atomic E-state index is -3.93. The summed E-state index contributed by atoms with van der Waals surface area (Å²) in [5, 5.41) is 3.00. The monoisotopic (exact) mass is 536 g/mol. The van der Waals surface area contributed by atoms with Gasteiger partial charge in [0.05, 0.1) is 16.3 Å². The molecule has 3 aromatic rings. The molecule has 0 unspecified atom stereocenters. The van der Waals surface area contributed by atoms with Crippen LogP contribution in [0, 0.1) is 6.92 Å². The fourth-order valence-electron chi connectivity index (χ4n) is 3.05. The van der Waals surface area contributed by atoms with Gasteiger partial charge in [-0.1, -0.05) is 35.9 Å². The molecule has 0 fully saturated rings. The van der Waals surface area contributed by atoms with Gasteiger partial charge in [0, 0.05) is 24.8 Å². The van der Waals surface area contributed by atoms with Crippen LogP contribution in [-0.4, -0.2) is 47.7 Å². The first kappa shape index (κ1) is 26.5. The van der Waals surface area contributed by atoms with E-state index in [-0.39, 0.29) is 4.90 Å². The number of hydrogen-bond acceptors (Lipinski definition) is 5. The number of rotatable bonds is 9. The summed E-state index contributed by atoms with van der Waals surface area (Å²) in [6.45, 7) is 1.28. The Hall–Kier alpha value is -3.12. The number of benzene rings is 3. The number of anilines is 3. The molecule has 12 heteroatoms. The van der Waals surface area contributed by atoms with E-state index in [1.807, 2.05) is 0 Å². The van der Waals surface area contributed by atoms with Crippen molar-refractivity contribution < 1.29 is 21.6 Å². The van der Waals surface area contributed by atoms with Crippen LogP contribution in [0.2, 0.25) is 5.02 Å². The number of carbonyl (C=O) groups is 1. The number of para-hydroxylation sites is 1. The quantitative estimate of drug-likeness (QED) is 0.432. The first-order valence-corrected chi connectivity index (χ1v) is 13.6. The maximum atomic E-state index is 12.8. The number of nitrogens with zero attached hydrogens (tertiary/aromatic N) is 2. The van der Waals surface area contributed by atoms with Crippen LogP contribution in [0.15, 0.2) is 77.7 Å². The van der Waals surface area contributed by atoms with Crippen molar-refractivity contribution in [3.8, 4) is 0 Å². The lowest BCUT2D eigenvalue weighted by atomic mass is 10.2. The highest BCUT2D eigenvalue weighted by atomic mass is 35.5. The Labute approximate surface area is 210 Å². The van der Waals surface area contributed by atoms with Crippen LogP contribution in [0.1, 0.15) is 5.56 Å². The molecule has 0 bridgehead atoms. The summed E-state index contributed by atoms with van der Waals surface area (Å²) < 4.78 is 55.5. The normalized spacial score (nSPS) is 11.8. The predicted octanol–water partition coefficient (Wildman–Crippen LogP) is 3.70. The lowest BCUT2D eigenvalue weighted by molar-refractivity contribution is -0.114. The van der Waals surface area contributed by atoms with Gasteiger partial charge in [0.2, 0.25) is 5.91 Å². The fourth-order valence-corrected chi connectivity index (χ4v) is 5.41. The van der Waals surface area contributed by atoms with Gasteiger partial charge in [-0.25, -0.2) is 12.7 Å². The molecule has 0 radical (unpaired) electrons. The number of hydrogen-bond donors (Lipinski definition) is 2. The van der Waals surface area contributed by atoms with Gasteiger partial charge in [0.25, 0.3) is 10.0 Å². The first-order chi connectivity index (χ1) is 16.4. The largest absolute Gasteiger partial charge is 0.325 e. The average molecular weight is 537 g/mol. The summed E-state index contributed by atoms with van der Waals surface area (Å²) in [5.74, 6) is -0.595. The third-order valence-corrected chi connectivity index (χ3v) is 8.40. The van der Waals surface area contributed by atoms with Crippen LogP contribution in [-0.2, 0) is 25.0 Å². The number of carbonyl (C=O) groups excluding carboxylic acids is 1. The molecular weight excluding hydrogens is 512 g/mol. The molecule has 0 saturated carbocycles. The Morgan fingerprint density at radius 1 is 0.914 bits per heavy atom. The van der Waals surface area contributed by atoms with Crippen molar-refractivity contribution >= 4 is 54.8 Å². The fraction of sp³-hybridized carbons (Fsp3) is 0.174.